The molecule has 1 heterocycles. The van der Waals surface area contributed by atoms with E-state index in [1.807, 2.05) is 0 Å². The Balaban J connectivity index is 1.63. The molecule has 1 atom stereocenters. The van der Waals surface area contributed by atoms with Crippen molar-refractivity contribution in [1.82, 2.24) is 14.8 Å². The van der Waals surface area contributed by atoms with Crippen LogP contribution in [0, 0.1) is 0 Å². The number of Topliss-reactive ketones (excluding diaryl/α,β-unsaturated/α-hetero) is 1. The van der Waals surface area contributed by atoms with Gasteiger partial charge in [-0.15, -0.1) is 0 Å². The Kier molecular flexibility index (Phi) is 5.74. The van der Waals surface area contributed by atoms with Crippen molar-refractivity contribution in [3.8, 4) is 5.69 Å². The van der Waals surface area contributed by atoms with Gasteiger partial charge in [0.25, 0.3) is 0 Å². The second kappa shape index (κ2) is 8.23. The van der Waals surface area contributed by atoms with Crippen molar-refractivity contribution in [2.75, 3.05) is 11.0 Å². The predicted molar refractivity (Wildman–Crippen MR) is 105 cm³/mol. The van der Waals surface area contributed by atoms with Gasteiger partial charge in [0.05, 0.1) is 17.5 Å². The zero-order valence-electron chi connectivity index (χ0n) is 15.6. The lowest BCUT2D eigenvalue weighted by Gasteiger charge is -2.13. The van der Waals surface area contributed by atoms with Crippen molar-refractivity contribution in [2.45, 2.75) is 13.0 Å². The average Bonchev–Trinajstić information content (AvgIpc) is 3.21. The molecule has 0 aliphatic rings. The third-order valence-electron chi connectivity index (χ3n) is 3.91. The predicted octanol–water partition coefficient (Wildman–Crippen LogP) is 2.07. The fraction of sp³-hybridized carbons (Fsp3) is 0.158. The van der Waals surface area contributed by atoms with Crippen LogP contribution in [0.1, 0.15) is 27.6 Å². The molecule has 0 aliphatic heterocycles. The average molecular weight is 414 g/mol. The SMILES string of the molecule is CC(OC(=O)c1ccc(-n2cncn2)cc1)C(=O)c1ccc(NS(C)(=O)=O)cc1. The fourth-order valence-electron chi connectivity index (χ4n) is 2.53. The first-order valence-corrected chi connectivity index (χ1v) is 10.4. The third-order valence-corrected chi connectivity index (χ3v) is 4.52. The maximum atomic E-state index is 12.5. The normalized spacial score (nSPS) is 12.2. The molecule has 0 aliphatic carbocycles. The molecule has 0 amide bonds. The van der Waals surface area contributed by atoms with Gasteiger partial charge in [-0.25, -0.2) is 22.9 Å². The second-order valence-corrected chi connectivity index (χ2v) is 8.00. The van der Waals surface area contributed by atoms with Crippen LogP contribution in [0.4, 0.5) is 5.69 Å². The number of nitrogens with zero attached hydrogens (tertiary/aromatic N) is 3. The molecule has 3 rings (SSSR count). The first-order chi connectivity index (χ1) is 13.7. The third kappa shape index (κ3) is 5.26. The number of carbonyl (C=O) groups is 2. The summed E-state index contributed by atoms with van der Waals surface area (Å²) in [5.41, 5.74) is 1.65. The lowest BCUT2D eigenvalue weighted by Crippen LogP contribution is -2.24. The Labute approximate surface area is 167 Å². The Bertz CT molecular complexity index is 1110. The van der Waals surface area contributed by atoms with Gasteiger partial charge >= 0.3 is 5.97 Å². The number of aromatic nitrogens is 3. The monoisotopic (exact) mass is 414 g/mol. The molecule has 10 heteroatoms. The van der Waals surface area contributed by atoms with E-state index in [0.29, 0.717) is 16.8 Å². The maximum absolute atomic E-state index is 12.5. The highest BCUT2D eigenvalue weighted by Gasteiger charge is 2.20. The van der Waals surface area contributed by atoms with Crippen LogP contribution in [-0.2, 0) is 14.8 Å². The molecule has 0 radical (unpaired) electrons. The van der Waals surface area contributed by atoms with E-state index in [0.717, 1.165) is 11.9 Å². The van der Waals surface area contributed by atoms with E-state index in [4.69, 9.17) is 4.74 Å². The molecule has 0 fully saturated rings. The molecule has 1 N–H and O–H groups in total. The lowest BCUT2D eigenvalue weighted by molar-refractivity contribution is 0.0319. The standard InChI is InChI=1S/C19H18N4O5S/c1-13(18(24)14-3-7-16(8-4-14)22-29(2,26)27)28-19(25)15-5-9-17(10-6-15)23-12-20-11-21-23/h3-13,22H,1-2H3. The second-order valence-electron chi connectivity index (χ2n) is 6.25. The Morgan fingerprint density at radius 1 is 1.03 bits per heavy atom. The van der Waals surface area contributed by atoms with Crippen LogP contribution in [0.3, 0.4) is 0 Å². The first kappa shape index (κ1) is 20.2. The van der Waals surface area contributed by atoms with E-state index < -0.39 is 27.9 Å². The molecular formula is C19H18N4O5S. The summed E-state index contributed by atoms with van der Waals surface area (Å²) in [4.78, 5) is 28.7. The van der Waals surface area contributed by atoms with E-state index in [2.05, 4.69) is 14.8 Å². The van der Waals surface area contributed by atoms with Gasteiger partial charge in [-0.3, -0.25) is 9.52 Å². The minimum atomic E-state index is -3.40. The highest BCUT2D eigenvalue weighted by Crippen LogP contribution is 2.15. The largest absolute Gasteiger partial charge is 0.451 e. The van der Waals surface area contributed by atoms with Gasteiger partial charge in [0.15, 0.2) is 6.10 Å². The van der Waals surface area contributed by atoms with Crippen molar-refractivity contribution in [2.24, 2.45) is 0 Å². The summed E-state index contributed by atoms with van der Waals surface area (Å²) in [6.45, 7) is 1.48. The molecule has 2 aromatic carbocycles. The van der Waals surface area contributed by atoms with Crippen LogP contribution in [0.5, 0.6) is 0 Å². The summed E-state index contributed by atoms with van der Waals surface area (Å²) in [6.07, 6.45) is 2.96. The maximum Gasteiger partial charge on any atom is 0.338 e. The highest BCUT2D eigenvalue weighted by molar-refractivity contribution is 7.92. The summed E-state index contributed by atoms with van der Waals surface area (Å²) < 4.78 is 31.6. The summed E-state index contributed by atoms with van der Waals surface area (Å²) in [5, 5.41) is 4.00. The van der Waals surface area contributed by atoms with Gasteiger partial charge in [-0.1, -0.05) is 0 Å². The van der Waals surface area contributed by atoms with Crippen LogP contribution in [0.25, 0.3) is 5.69 Å². The van der Waals surface area contributed by atoms with Gasteiger partial charge in [-0.2, -0.15) is 5.10 Å². The van der Waals surface area contributed by atoms with Crippen LogP contribution in [-0.4, -0.2) is 47.3 Å². The van der Waals surface area contributed by atoms with Crippen molar-refractivity contribution in [1.29, 1.82) is 0 Å². The number of nitrogens with one attached hydrogen (secondary N) is 1. The van der Waals surface area contributed by atoms with Crippen LogP contribution in [0.2, 0.25) is 0 Å². The molecule has 0 saturated heterocycles. The van der Waals surface area contributed by atoms with Gasteiger partial charge in [0.2, 0.25) is 15.8 Å². The quantitative estimate of drug-likeness (QED) is 0.464. The van der Waals surface area contributed by atoms with Gasteiger partial charge < -0.3 is 4.74 Å². The molecular weight excluding hydrogens is 396 g/mol. The number of hydrogen-bond donors (Lipinski definition) is 1. The number of carbonyl (C=O) groups excluding carboxylic acids is 2. The molecule has 150 valence electrons. The van der Waals surface area contributed by atoms with Crippen LogP contribution < -0.4 is 4.72 Å². The number of ketones is 1. The number of rotatable bonds is 7. The lowest BCUT2D eigenvalue weighted by atomic mass is 10.1. The van der Waals surface area contributed by atoms with E-state index >= 15 is 0 Å². The number of sulfonamides is 1. The Morgan fingerprint density at radius 3 is 2.21 bits per heavy atom. The summed E-state index contributed by atoms with van der Waals surface area (Å²) in [6, 6.07) is 12.4. The van der Waals surface area contributed by atoms with Crippen molar-refractivity contribution < 1.29 is 22.7 Å². The fourth-order valence-corrected chi connectivity index (χ4v) is 3.09. The minimum Gasteiger partial charge on any atom is -0.451 e. The number of anilines is 1. The highest BCUT2D eigenvalue weighted by atomic mass is 32.2. The van der Waals surface area contributed by atoms with E-state index in [1.165, 1.54) is 43.8 Å². The zero-order chi connectivity index (χ0) is 21.0. The Hall–Kier alpha value is -3.53. The van der Waals surface area contributed by atoms with Crippen molar-refractivity contribution >= 4 is 27.5 Å². The van der Waals surface area contributed by atoms with E-state index in [1.54, 1.807) is 28.9 Å². The minimum absolute atomic E-state index is 0.293. The van der Waals surface area contributed by atoms with E-state index in [-0.39, 0.29) is 0 Å². The summed E-state index contributed by atoms with van der Waals surface area (Å²) in [7, 11) is -3.40. The molecule has 9 nitrogen and oxygen atoms in total. The van der Waals surface area contributed by atoms with Crippen LogP contribution >= 0.6 is 0 Å². The van der Waals surface area contributed by atoms with E-state index in [9.17, 15) is 18.0 Å². The van der Waals surface area contributed by atoms with Crippen LogP contribution in [0.15, 0.2) is 61.2 Å². The molecule has 1 unspecified atom stereocenters. The zero-order valence-corrected chi connectivity index (χ0v) is 16.5. The molecule has 0 saturated carbocycles. The van der Waals surface area contributed by atoms with Crippen molar-refractivity contribution in [3.63, 3.8) is 0 Å². The smallest absolute Gasteiger partial charge is 0.338 e. The van der Waals surface area contributed by atoms with Gasteiger partial charge in [0.1, 0.15) is 12.7 Å². The van der Waals surface area contributed by atoms with Crippen molar-refractivity contribution in [3.05, 3.63) is 72.3 Å². The molecule has 3 aromatic rings. The number of ether oxygens (including phenoxy) is 1. The first-order valence-electron chi connectivity index (χ1n) is 8.51. The molecule has 1 aromatic heterocycles. The molecule has 0 spiro atoms. The topological polar surface area (TPSA) is 120 Å². The number of esters is 1. The summed E-state index contributed by atoms with van der Waals surface area (Å²) in [5.74, 6) is -1.03. The number of benzene rings is 2. The molecule has 29 heavy (non-hydrogen) atoms. The molecule has 0 bridgehead atoms. The Morgan fingerprint density at radius 2 is 1.66 bits per heavy atom. The number of hydrogen-bond acceptors (Lipinski definition) is 7. The van der Waals surface area contributed by atoms with Gasteiger partial charge in [0, 0.05) is 11.3 Å². The summed E-state index contributed by atoms with van der Waals surface area (Å²) >= 11 is 0. The van der Waals surface area contributed by atoms with Gasteiger partial charge in [-0.05, 0) is 55.5 Å².